The fourth-order valence-corrected chi connectivity index (χ4v) is 1.70. The second kappa shape index (κ2) is 4.45. The van der Waals surface area contributed by atoms with Crippen molar-refractivity contribution >= 4 is 0 Å². The molecule has 0 fully saturated rings. The monoisotopic (exact) mass is 219 g/mol. The molecule has 0 aliphatic heterocycles. The van der Waals surface area contributed by atoms with Crippen molar-refractivity contribution in [3.8, 4) is 11.1 Å². The zero-order valence-electron chi connectivity index (χ0n) is 9.07. The third-order valence-corrected chi connectivity index (χ3v) is 2.38. The molecule has 0 spiro atoms. The molecular weight excluding hydrogens is 205 g/mol. The van der Waals surface area contributed by atoms with Crippen molar-refractivity contribution in [1.82, 2.24) is 10.2 Å². The molecule has 4 heteroatoms. The van der Waals surface area contributed by atoms with E-state index >= 15 is 0 Å². The van der Waals surface area contributed by atoms with Gasteiger partial charge in [0.15, 0.2) is 0 Å². The highest BCUT2D eigenvalue weighted by atomic mass is 19.1. The summed E-state index contributed by atoms with van der Waals surface area (Å²) >= 11 is 0. The smallest absolute Gasteiger partial charge is 0.123 e. The van der Waals surface area contributed by atoms with Crippen LogP contribution in [0.5, 0.6) is 0 Å². The maximum atomic E-state index is 13.1. The summed E-state index contributed by atoms with van der Waals surface area (Å²) in [5, 5.41) is 6.88. The second-order valence-electron chi connectivity index (χ2n) is 3.95. The lowest BCUT2D eigenvalue weighted by Gasteiger charge is -2.06. The molecule has 0 saturated heterocycles. The van der Waals surface area contributed by atoms with Crippen LogP contribution >= 0.6 is 0 Å². The van der Waals surface area contributed by atoms with Crippen molar-refractivity contribution in [3.05, 3.63) is 42.0 Å². The SMILES string of the molecule is CC(N)Cc1[nH]ncc1-c1cccc(F)c1. The fourth-order valence-electron chi connectivity index (χ4n) is 1.70. The molecule has 0 amide bonds. The summed E-state index contributed by atoms with van der Waals surface area (Å²) in [5.41, 5.74) is 8.42. The summed E-state index contributed by atoms with van der Waals surface area (Å²) < 4.78 is 13.1. The highest BCUT2D eigenvalue weighted by Crippen LogP contribution is 2.23. The van der Waals surface area contributed by atoms with Crippen LogP contribution in [0.15, 0.2) is 30.5 Å². The van der Waals surface area contributed by atoms with Crippen LogP contribution in [-0.2, 0) is 6.42 Å². The standard InChI is InChI=1S/C12H14FN3/c1-8(14)5-12-11(7-15-16-12)9-3-2-4-10(13)6-9/h2-4,6-8H,5,14H2,1H3,(H,15,16). The predicted molar refractivity (Wildman–Crippen MR) is 61.3 cm³/mol. The molecule has 2 rings (SSSR count). The summed E-state index contributed by atoms with van der Waals surface area (Å²) in [4.78, 5) is 0. The van der Waals surface area contributed by atoms with Gasteiger partial charge < -0.3 is 5.73 Å². The lowest BCUT2D eigenvalue weighted by Crippen LogP contribution is -2.18. The molecule has 1 aromatic carbocycles. The molecule has 0 aliphatic rings. The van der Waals surface area contributed by atoms with Crippen molar-refractivity contribution in [3.63, 3.8) is 0 Å². The van der Waals surface area contributed by atoms with E-state index in [1.165, 1.54) is 12.1 Å². The fraction of sp³-hybridized carbons (Fsp3) is 0.250. The lowest BCUT2D eigenvalue weighted by atomic mass is 10.0. The highest BCUT2D eigenvalue weighted by Gasteiger charge is 2.09. The number of nitrogens with zero attached hydrogens (tertiary/aromatic N) is 1. The molecule has 0 radical (unpaired) electrons. The Morgan fingerprint density at radius 2 is 2.31 bits per heavy atom. The Morgan fingerprint density at radius 1 is 1.50 bits per heavy atom. The Morgan fingerprint density at radius 3 is 3.00 bits per heavy atom. The predicted octanol–water partition coefficient (Wildman–Crippen LogP) is 2.11. The third kappa shape index (κ3) is 2.28. The minimum absolute atomic E-state index is 0.0489. The number of rotatable bonds is 3. The van der Waals surface area contributed by atoms with E-state index in [-0.39, 0.29) is 11.9 Å². The van der Waals surface area contributed by atoms with Gasteiger partial charge in [0, 0.05) is 23.7 Å². The number of benzene rings is 1. The van der Waals surface area contributed by atoms with Gasteiger partial charge in [0.25, 0.3) is 0 Å². The van der Waals surface area contributed by atoms with Gasteiger partial charge >= 0.3 is 0 Å². The number of nitrogens with two attached hydrogens (primary N) is 1. The first-order valence-electron chi connectivity index (χ1n) is 5.20. The van der Waals surface area contributed by atoms with Crippen molar-refractivity contribution in [2.75, 3.05) is 0 Å². The van der Waals surface area contributed by atoms with E-state index in [1.807, 2.05) is 13.0 Å². The van der Waals surface area contributed by atoms with Crippen LogP contribution in [0.3, 0.4) is 0 Å². The van der Waals surface area contributed by atoms with Crippen LogP contribution < -0.4 is 5.73 Å². The van der Waals surface area contributed by atoms with Crippen molar-refractivity contribution in [1.29, 1.82) is 0 Å². The molecule has 3 N–H and O–H groups in total. The number of aromatic nitrogens is 2. The van der Waals surface area contributed by atoms with Gasteiger partial charge in [0.2, 0.25) is 0 Å². The Labute approximate surface area is 93.5 Å². The van der Waals surface area contributed by atoms with Crippen LogP contribution in [0.25, 0.3) is 11.1 Å². The molecule has 84 valence electrons. The molecule has 2 aromatic rings. The Balaban J connectivity index is 2.37. The molecule has 0 bridgehead atoms. The Bertz CT molecular complexity index is 477. The topological polar surface area (TPSA) is 54.7 Å². The van der Waals surface area contributed by atoms with Gasteiger partial charge in [-0.15, -0.1) is 0 Å². The van der Waals surface area contributed by atoms with E-state index in [0.717, 1.165) is 16.8 Å². The summed E-state index contributed by atoms with van der Waals surface area (Å²) in [5.74, 6) is -0.245. The van der Waals surface area contributed by atoms with E-state index in [0.29, 0.717) is 6.42 Å². The third-order valence-electron chi connectivity index (χ3n) is 2.38. The molecule has 1 heterocycles. The number of halogens is 1. The number of hydrogen-bond donors (Lipinski definition) is 2. The number of nitrogens with one attached hydrogen (secondary N) is 1. The first kappa shape index (κ1) is 10.8. The maximum Gasteiger partial charge on any atom is 0.123 e. The first-order chi connectivity index (χ1) is 7.66. The van der Waals surface area contributed by atoms with E-state index in [9.17, 15) is 4.39 Å². The first-order valence-corrected chi connectivity index (χ1v) is 5.20. The van der Waals surface area contributed by atoms with Crippen LogP contribution in [-0.4, -0.2) is 16.2 Å². The maximum absolute atomic E-state index is 13.1. The average molecular weight is 219 g/mol. The van der Waals surface area contributed by atoms with Gasteiger partial charge in [0.05, 0.1) is 6.20 Å². The van der Waals surface area contributed by atoms with Crippen molar-refractivity contribution in [2.24, 2.45) is 5.73 Å². The van der Waals surface area contributed by atoms with Crippen molar-refractivity contribution < 1.29 is 4.39 Å². The second-order valence-corrected chi connectivity index (χ2v) is 3.95. The van der Waals surface area contributed by atoms with Crippen LogP contribution in [0.4, 0.5) is 4.39 Å². The van der Waals surface area contributed by atoms with Gasteiger partial charge in [-0.05, 0) is 24.6 Å². The molecule has 3 nitrogen and oxygen atoms in total. The molecular formula is C12H14FN3. The molecule has 1 aromatic heterocycles. The largest absolute Gasteiger partial charge is 0.328 e. The van der Waals surface area contributed by atoms with Gasteiger partial charge in [-0.3, -0.25) is 5.10 Å². The normalized spacial score (nSPS) is 12.7. The number of hydrogen-bond acceptors (Lipinski definition) is 2. The van der Waals surface area contributed by atoms with Crippen LogP contribution in [0.2, 0.25) is 0 Å². The van der Waals surface area contributed by atoms with E-state index in [1.54, 1.807) is 12.3 Å². The number of H-pyrrole nitrogens is 1. The summed E-state index contributed by atoms with van der Waals surface area (Å²) in [6.07, 6.45) is 2.40. The lowest BCUT2D eigenvalue weighted by molar-refractivity contribution is 0.628. The highest BCUT2D eigenvalue weighted by molar-refractivity contribution is 5.65. The number of aromatic amines is 1. The molecule has 0 aliphatic carbocycles. The van der Waals surface area contributed by atoms with Gasteiger partial charge in [-0.1, -0.05) is 12.1 Å². The van der Waals surface area contributed by atoms with Crippen molar-refractivity contribution in [2.45, 2.75) is 19.4 Å². The zero-order valence-corrected chi connectivity index (χ0v) is 9.07. The molecule has 1 unspecified atom stereocenters. The Hall–Kier alpha value is -1.68. The summed E-state index contributed by atoms with van der Waals surface area (Å²) in [6, 6.07) is 6.52. The van der Waals surface area contributed by atoms with E-state index in [2.05, 4.69) is 10.2 Å². The quantitative estimate of drug-likeness (QED) is 0.830. The molecule has 0 saturated carbocycles. The molecule has 16 heavy (non-hydrogen) atoms. The average Bonchev–Trinajstić information content (AvgIpc) is 2.65. The van der Waals surface area contributed by atoms with Gasteiger partial charge in [-0.2, -0.15) is 5.10 Å². The summed E-state index contributed by atoms with van der Waals surface area (Å²) in [6.45, 7) is 1.93. The van der Waals surface area contributed by atoms with Crippen LogP contribution in [0.1, 0.15) is 12.6 Å². The minimum Gasteiger partial charge on any atom is -0.328 e. The minimum atomic E-state index is -0.245. The van der Waals surface area contributed by atoms with Gasteiger partial charge in [-0.25, -0.2) is 4.39 Å². The van der Waals surface area contributed by atoms with Gasteiger partial charge in [0.1, 0.15) is 5.82 Å². The molecule has 1 atom stereocenters. The van der Waals surface area contributed by atoms with E-state index in [4.69, 9.17) is 5.73 Å². The summed E-state index contributed by atoms with van der Waals surface area (Å²) in [7, 11) is 0. The van der Waals surface area contributed by atoms with E-state index < -0.39 is 0 Å². The zero-order chi connectivity index (χ0) is 11.5. The Kier molecular flexibility index (Phi) is 3.01. The van der Waals surface area contributed by atoms with Crippen LogP contribution in [0, 0.1) is 5.82 Å².